The minimum absolute atomic E-state index is 0.514. The number of aromatic nitrogens is 1. The lowest BCUT2D eigenvalue weighted by Crippen LogP contribution is -2.34. The van der Waals surface area contributed by atoms with Crippen molar-refractivity contribution in [1.29, 1.82) is 0 Å². The highest BCUT2D eigenvalue weighted by Gasteiger charge is 2.16. The van der Waals surface area contributed by atoms with E-state index >= 15 is 0 Å². The number of anilines is 1. The fraction of sp³-hybridized carbons (Fsp3) is 0.538. The van der Waals surface area contributed by atoms with Crippen molar-refractivity contribution in [3.8, 4) is 0 Å². The molecule has 0 atom stereocenters. The summed E-state index contributed by atoms with van der Waals surface area (Å²) in [5.41, 5.74) is 1.12. The van der Waals surface area contributed by atoms with E-state index in [2.05, 4.69) is 21.1 Å². The minimum Gasteiger partial charge on any atom is -0.393 e. The molecule has 0 aliphatic carbocycles. The summed E-state index contributed by atoms with van der Waals surface area (Å²) in [5, 5.41) is 4.13. The van der Waals surface area contributed by atoms with Crippen molar-refractivity contribution in [2.24, 2.45) is 5.16 Å². The first-order valence-corrected chi connectivity index (χ1v) is 6.14. The van der Waals surface area contributed by atoms with Crippen molar-refractivity contribution in [2.45, 2.75) is 12.8 Å². The number of methoxy groups -OCH3 is 1. The number of piperidine rings is 1. The van der Waals surface area contributed by atoms with Crippen molar-refractivity contribution in [3.63, 3.8) is 0 Å². The number of ether oxygens (including phenoxy) is 1. The molecule has 0 bridgehead atoms. The van der Waals surface area contributed by atoms with Crippen molar-refractivity contribution >= 4 is 11.5 Å². The number of hydrogen-bond acceptors (Lipinski definition) is 5. The van der Waals surface area contributed by atoms with E-state index in [-0.39, 0.29) is 0 Å². The Kier molecular flexibility index (Phi) is 4.96. The van der Waals surface area contributed by atoms with Gasteiger partial charge in [0.1, 0.15) is 12.4 Å². The normalized spacial score (nSPS) is 15.6. The van der Waals surface area contributed by atoms with E-state index in [4.69, 9.17) is 9.57 Å². The van der Waals surface area contributed by atoms with Crippen LogP contribution in [0.1, 0.15) is 12.8 Å². The molecular weight excluding hydrogens is 230 g/mol. The van der Waals surface area contributed by atoms with Crippen LogP contribution in [-0.4, -0.2) is 44.1 Å². The Labute approximate surface area is 107 Å². The molecule has 1 aliphatic heterocycles. The fourth-order valence-electron chi connectivity index (χ4n) is 1.84. The first-order chi connectivity index (χ1) is 8.90. The number of hydrogen-bond donors (Lipinski definition) is 0. The van der Waals surface area contributed by atoms with Crippen LogP contribution in [0.15, 0.2) is 23.5 Å². The molecule has 97 valence electrons. The van der Waals surface area contributed by atoms with Gasteiger partial charge in [0.15, 0.2) is 0 Å². The van der Waals surface area contributed by atoms with Crippen LogP contribution in [0.5, 0.6) is 0 Å². The van der Waals surface area contributed by atoms with Crippen LogP contribution in [0.3, 0.4) is 0 Å². The zero-order chi connectivity index (χ0) is 12.6. The van der Waals surface area contributed by atoms with Gasteiger partial charge in [-0.3, -0.25) is 0 Å². The molecular formula is C13H18N3O2. The van der Waals surface area contributed by atoms with Gasteiger partial charge in [0.25, 0.3) is 0 Å². The molecule has 1 aliphatic rings. The minimum atomic E-state index is 0.514. The maximum atomic E-state index is 5.18. The van der Waals surface area contributed by atoms with E-state index in [0.29, 0.717) is 13.2 Å². The molecule has 1 fully saturated rings. The predicted octanol–water partition coefficient (Wildman–Crippen LogP) is 1.50. The number of rotatable bonds is 5. The third-order valence-corrected chi connectivity index (χ3v) is 2.84. The van der Waals surface area contributed by atoms with Crippen LogP contribution >= 0.6 is 0 Å². The van der Waals surface area contributed by atoms with Gasteiger partial charge in [0.2, 0.25) is 0 Å². The third kappa shape index (κ3) is 3.70. The summed E-state index contributed by atoms with van der Waals surface area (Å²) in [5.74, 6) is 1.01. The highest BCUT2D eigenvalue weighted by atomic mass is 16.6. The summed E-state index contributed by atoms with van der Waals surface area (Å²) >= 11 is 0. The molecule has 0 spiro atoms. The lowest BCUT2D eigenvalue weighted by molar-refractivity contribution is 0.0743. The van der Waals surface area contributed by atoms with Gasteiger partial charge in [-0.15, -0.1) is 0 Å². The molecule has 0 aromatic carbocycles. The summed E-state index contributed by atoms with van der Waals surface area (Å²) in [4.78, 5) is 11.7. The molecule has 0 unspecified atom stereocenters. The van der Waals surface area contributed by atoms with Gasteiger partial charge in [-0.1, -0.05) is 5.16 Å². The summed E-state index contributed by atoms with van der Waals surface area (Å²) in [7, 11) is 1.65. The van der Waals surface area contributed by atoms with E-state index < -0.39 is 0 Å². The van der Waals surface area contributed by atoms with Gasteiger partial charge in [0, 0.05) is 45.3 Å². The average molecular weight is 248 g/mol. The van der Waals surface area contributed by atoms with Gasteiger partial charge < -0.3 is 14.5 Å². The van der Waals surface area contributed by atoms with Gasteiger partial charge in [-0.25, -0.2) is 4.98 Å². The smallest absolute Gasteiger partial charge is 0.140 e. The quantitative estimate of drug-likeness (QED) is 0.585. The molecule has 2 heterocycles. The highest BCUT2D eigenvalue weighted by Crippen LogP contribution is 2.15. The second-order valence-corrected chi connectivity index (χ2v) is 4.09. The first kappa shape index (κ1) is 12.8. The van der Waals surface area contributed by atoms with E-state index in [1.807, 2.05) is 12.1 Å². The highest BCUT2D eigenvalue weighted by molar-refractivity contribution is 5.86. The van der Waals surface area contributed by atoms with Crippen LogP contribution in [0.2, 0.25) is 0 Å². The molecule has 18 heavy (non-hydrogen) atoms. The zero-order valence-corrected chi connectivity index (χ0v) is 10.6. The zero-order valence-electron chi connectivity index (χ0n) is 10.6. The molecule has 5 heteroatoms. The maximum absolute atomic E-state index is 5.18. The van der Waals surface area contributed by atoms with Crippen LogP contribution in [0.25, 0.3) is 0 Å². The molecule has 1 aromatic rings. The molecule has 1 radical (unpaired) electrons. The van der Waals surface area contributed by atoms with E-state index in [1.165, 1.54) is 0 Å². The molecule has 2 rings (SSSR count). The Hall–Kier alpha value is -1.62. The van der Waals surface area contributed by atoms with Crippen LogP contribution in [0.4, 0.5) is 5.82 Å². The predicted molar refractivity (Wildman–Crippen MR) is 69.8 cm³/mol. The second kappa shape index (κ2) is 6.96. The lowest BCUT2D eigenvalue weighted by Gasteiger charge is -2.28. The molecule has 0 amide bonds. The van der Waals surface area contributed by atoms with Gasteiger partial charge in [0.05, 0.1) is 12.3 Å². The molecule has 5 nitrogen and oxygen atoms in total. The van der Waals surface area contributed by atoms with E-state index in [1.54, 1.807) is 13.3 Å². The lowest BCUT2D eigenvalue weighted by atomic mass is 10.1. The number of nitrogens with zero attached hydrogens (tertiary/aromatic N) is 3. The summed E-state index contributed by atoms with van der Waals surface area (Å²) in [6, 6.07) is 6.80. The van der Waals surface area contributed by atoms with Gasteiger partial charge >= 0.3 is 0 Å². The fourth-order valence-corrected chi connectivity index (χ4v) is 1.84. The van der Waals surface area contributed by atoms with E-state index in [0.717, 1.165) is 37.5 Å². The second-order valence-electron chi connectivity index (χ2n) is 4.09. The average Bonchev–Trinajstić information content (AvgIpc) is 2.45. The Morgan fingerprint density at radius 1 is 1.39 bits per heavy atom. The van der Waals surface area contributed by atoms with Crippen LogP contribution < -0.4 is 4.90 Å². The summed E-state index contributed by atoms with van der Waals surface area (Å²) in [6.07, 6.45) is 3.55. The topological polar surface area (TPSA) is 47.0 Å². The Morgan fingerprint density at radius 3 is 2.89 bits per heavy atom. The molecule has 1 aromatic heterocycles. The SMILES string of the molecule is COCCON=C1CCN(c2cc[c]cn2)CC1. The summed E-state index contributed by atoms with van der Waals surface area (Å²) < 4.78 is 4.89. The maximum Gasteiger partial charge on any atom is 0.140 e. The Balaban J connectivity index is 1.78. The molecule has 0 saturated carbocycles. The van der Waals surface area contributed by atoms with Crippen LogP contribution in [-0.2, 0) is 9.57 Å². The monoisotopic (exact) mass is 248 g/mol. The van der Waals surface area contributed by atoms with Crippen molar-refractivity contribution in [3.05, 3.63) is 24.4 Å². The van der Waals surface area contributed by atoms with E-state index in [9.17, 15) is 0 Å². The Morgan fingerprint density at radius 2 is 2.22 bits per heavy atom. The number of pyridine rings is 1. The summed E-state index contributed by atoms with van der Waals surface area (Å²) in [6.45, 7) is 2.96. The number of oxime groups is 1. The molecule has 1 saturated heterocycles. The van der Waals surface area contributed by atoms with Crippen LogP contribution in [0, 0.1) is 6.07 Å². The standard InChI is InChI=1S/C13H18N3O2/c1-17-10-11-18-15-12-5-8-16(9-6-12)13-4-2-3-7-14-13/h2,4,7H,5-6,8-11H2,1H3. The van der Waals surface area contributed by atoms with Crippen molar-refractivity contribution in [1.82, 2.24) is 4.98 Å². The third-order valence-electron chi connectivity index (χ3n) is 2.84. The van der Waals surface area contributed by atoms with Gasteiger partial charge in [-0.05, 0) is 12.1 Å². The Bertz CT molecular complexity index is 371. The largest absolute Gasteiger partial charge is 0.393 e. The molecule has 0 N–H and O–H groups in total. The van der Waals surface area contributed by atoms with Crippen molar-refractivity contribution < 1.29 is 9.57 Å². The van der Waals surface area contributed by atoms with Gasteiger partial charge in [-0.2, -0.15) is 0 Å². The van der Waals surface area contributed by atoms with Crippen molar-refractivity contribution in [2.75, 3.05) is 38.3 Å². The first-order valence-electron chi connectivity index (χ1n) is 6.14.